The summed E-state index contributed by atoms with van der Waals surface area (Å²) in [5.41, 5.74) is 0. The first-order valence-electron chi connectivity index (χ1n) is 6.84. The van der Waals surface area contributed by atoms with Crippen LogP contribution >= 0.6 is 0 Å². The van der Waals surface area contributed by atoms with Gasteiger partial charge in [-0.05, 0) is 6.42 Å². The van der Waals surface area contributed by atoms with Crippen LogP contribution < -0.4 is 4.72 Å². The zero-order valence-corrected chi connectivity index (χ0v) is 13.0. The quantitative estimate of drug-likeness (QED) is 0.582. The van der Waals surface area contributed by atoms with Crippen LogP contribution in [-0.2, 0) is 29.1 Å². The van der Waals surface area contributed by atoms with Gasteiger partial charge < -0.3 is 14.4 Å². The van der Waals surface area contributed by atoms with Crippen LogP contribution in [0.15, 0.2) is 0 Å². The molecule has 0 spiro atoms. The second-order valence-electron chi connectivity index (χ2n) is 4.64. The van der Waals surface area contributed by atoms with Gasteiger partial charge in [-0.15, -0.1) is 0 Å². The molecule has 1 saturated heterocycles. The lowest BCUT2D eigenvalue weighted by Gasteiger charge is -2.26. The fourth-order valence-corrected chi connectivity index (χ4v) is 2.95. The third-order valence-corrected chi connectivity index (χ3v) is 4.52. The number of sulfonamides is 1. The minimum absolute atomic E-state index is 0.0596. The Hall–Kier alpha value is -1.19. The van der Waals surface area contributed by atoms with Gasteiger partial charge in [-0.3, -0.25) is 9.59 Å². The maximum atomic E-state index is 11.8. The van der Waals surface area contributed by atoms with Crippen molar-refractivity contribution in [3.05, 3.63) is 0 Å². The van der Waals surface area contributed by atoms with Crippen LogP contribution in [0.25, 0.3) is 0 Å². The van der Waals surface area contributed by atoms with Crippen molar-refractivity contribution in [1.29, 1.82) is 0 Å². The third-order valence-electron chi connectivity index (χ3n) is 3.05. The van der Waals surface area contributed by atoms with Gasteiger partial charge in [-0.25, -0.2) is 13.1 Å². The molecule has 0 atom stereocenters. The Labute approximate surface area is 124 Å². The highest BCUT2D eigenvalue weighted by atomic mass is 32.2. The van der Waals surface area contributed by atoms with E-state index in [4.69, 9.17) is 4.74 Å². The molecule has 9 heteroatoms. The molecule has 1 N–H and O–H groups in total. The van der Waals surface area contributed by atoms with Gasteiger partial charge in [0.1, 0.15) is 0 Å². The van der Waals surface area contributed by atoms with Gasteiger partial charge in [-0.2, -0.15) is 0 Å². The van der Waals surface area contributed by atoms with Gasteiger partial charge in [0.05, 0.1) is 26.1 Å². The molecule has 1 fully saturated rings. The topological polar surface area (TPSA) is 102 Å². The maximum absolute atomic E-state index is 11.8. The van der Waals surface area contributed by atoms with Crippen LogP contribution in [0.2, 0.25) is 0 Å². The molecule has 0 saturated carbocycles. The Morgan fingerprint density at radius 1 is 1.24 bits per heavy atom. The average molecular weight is 322 g/mol. The fraction of sp³-hybridized carbons (Fsp3) is 0.833. The molecular formula is C12H22N2O6S. The third kappa shape index (κ3) is 7.39. The average Bonchev–Trinajstić information content (AvgIpc) is 2.47. The lowest BCUT2D eigenvalue weighted by atomic mass is 10.3. The number of carbonyl (C=O) groups excluding carboxylic acids is 2. The van der Waals surface area contributed by atoms with Gasteiger partial charge in [0.25, 0.3) is 0 Å². The van der Waals surface area contributed by atoms with E-state index in [1.54, 1.807) is 4.90 Å². The normalized spacial score (nSPS) is 15.8. The van der Waals surface area contributed by atoms with Crippen molar-refractivity contribution in [2.24, 2.45) is 0 Å². The number of methoxy groups -OCH3 is 1. The standard InChI is InChI=1S/C12H22N2O6S/c1-19-12(16)3-2-10-21(17,18)13-5-4-11(15)14-6-8-20-9-7-14/h13H,2-10H2,1H3. The van der Waals surface area contributed by atoms with E-state index >= 15 is 0 Å². The fourth-order valence-electron chi connectivity index (χ4n) is 1.87. The minimum atomic E-state index is -3.47. The number of amides is 1. The second-order valence-corrected chi connectivity index (χ2v) is 6.56. The predicted octanol–water partition coefficient (Wildman–Crippen LogP) is -0.892. The Morgan fingerprint density at radius 2 is 1.90 bits per heavy atom. The van der Waals surface area contributed by atoms with Crippen molar-refractivity contribution in [2.45, 2.75) is 19.3 Å². The summed E-state index contributed by atoms with van der Waals surface area (Å²) >= 11 is 0. The molecule has 0 radical (unpaired) electrons. The van der Waals surface area contributed by atoms with Crippen molar-refractivity contribution >= 4 is 21.9 Å². The van der Waals surface area contributed by atoms with Crippen LogP contribution in [0, 0.1) is 0 Å². The first-order chi connectivity index (χ1) is 9.94. The van der Waals surface area contributed by atoms with Crippen molar-refractivity contribution in [3.8, 4) is 0 Å². The minimum Gasteiger partial charge on any atom is -0.469 e. The summed E-state index contributed by atoms with van der Waals surface area (Å²) in [5, 5.41) is 0. The largest absolute Gasteiger partial charge is 0.469 e. The summed E-state index contributed by atoms with van der Waals surface area (Å²) in [6, 6.07) is 0. The number of nitrogens with zero attached hydrogens (tertiary/aromatic N) is 1. The molecule has 1 rings (SSSR count). The summed E-state index contributed by atoms with van der Waals surface area (Å²) < 4.78 is 35.2. The van der Waals surface area contributed by atoms with E-state index in [9.17, 15) is 18.0 Å². The summed E-state index contributed by atoms with van der Waals surface area (Å²) in [4.78, 5) is 24.3. The van der Waals surface area contributed by atoms with Crippen molar-refractivity contribution in [3.63, 3.8) is 0 Å². The molecule has 1 heterocycles. The smallest absolute Gasteiger partial charge is 0.305 e. The molecule has 0 aromatic heterocycles. The summed E-state index contributed by atoms with van der Waals surface area (Å²) in [5.74, 6) is -0.684. The van der Waals surface area contributed by atoms with Crippen LogP contribution in [0.5, 0.6) is 0 Å². The monoisotopic (exact) mass is 322 g/mol. The second kappa shape index (κ2) is 8.96. The van der Waals surface area contributed by atoms with E-state index in [1.165, 1.54) is 7.11 Å². The van der Waals surface area contributed by atoms with Crippen molar-refractivity contribution < 1.29 is 27.5 Å². The highest BCUT2D eigenvalue weighted by Crippen LogP contribution is 2.01. The molecule has 0 aliphatic carbocycles. The van der Waals surface area contributed by atoms with Crippen molar-refractivity contribution in [1.82, 2.24) is 9.62 Å². The molecule has 1 aliphatic rings. The van der Waals surface area contributed by atoms with E-state index in [2.05, 4.69) is 9.46 Å². The van der Waals surface area contributed by atoms with E-state index in [0.29, 0.717) is 26.3 Å². The SMILES string of the molecule is COC(=O)CCCS(=O)(=O)NCCC(=O)N1CCOCC1. The van der Waals surface area contributed by atoms with Crippen LogP contribution in [0.4, 0.5) is 0 Å². The van der Waals surface area contributed by atoms with Gasteiger partial charge >= 0.3 is 5.97 Å². The number of hydrogen-bond donors (Lipinski definition) is 1. The Morgan fingerprint density at radius 3 is 2.52 bits per heavy atom. The van der Waals surface area contributed by atoms with Crippen LogP contribution in [0.1, 0.15) is 19.3 Å². The number of morpholine rings is 1. The lowest BCUT2D eigenvalue weighted by molar-refractivity contribution is -0.140. The first-order valence-corrected chi connectivity index (χ1v) is 8.49. The zero-order chi connectivity index (χ0) is 15.7. The van der Waals surface area contributed by atoms with Gasteiger partial charge in [0.2, 0.25) is 15.9 Å². The molecule has 1 aliphatic heterocycles. The number of rotatable bonds is 8. The summed E-state index contributed by atoms with van der Waals surface area (Å²) in [7, 11) is -2.21. The highest BCUT2D eigenvalue weighted by Gasteiger charge is 2.17. The first kappa shape index (κ1) is 17.9. The number of esters is 1. The number of hydrogen-bond acceptors (Lipinski definition) is 6. The molecule has 0 aromatic rings. The molecule has 122 valence electrons. The lowest BCUT2D eigenvalue weighted by Crippen LogP contribution is -2.42. The van der Waals surface area contributed by atoms with Gasteiger partial charge in [0.15, 0.2) is 0 Å². The van der Waals surface area contributed by atoms with E-state index in [1.807, 2.05) is 0 Å². The van der Waals surface area contributed by atoms with E-state index in [0.717, 1.165) is 0 Å². The van der Waals surface area contributed by atoms with Crippen LogP contribution in [-0.4, -0.2) is 70.9 Å². The van der Waals surface area contributed by atoms with E-state index in [-0.39, 0.29) is 37.5 Å². The molecular weight excluding hydrogens is 300 g/mol. The Bertz CT molecular complexity index is 445. The van der Waals surface area contributed by atoms with E-state index < -0.39 is 16.0 Å². The van der Waals surface area contributed by atoms with Gasteiger partial charge in [0, 0.05) is 32.5 Å². The Balaban J connectivity index is 2.20. The number of carbonyl (C=O) groups is 2. The predicted molar refractivity (Wildman–Crippen MR) is 75.1 cm³/mol. The molecule has 0 bridgehead atoms. The molecule has 8 nitrogen and oxygen atoms in total. The highest BCUT2D eigenvalue weighted by molar-refractivity contribution is 7.89. The maximum Gasteiger partial charge on any atom is 0.305 e. The molecule has 0 unspecified atom stereocenters. The zero-order valence-electron chi connectivity index (χ0n) is 12.2. The number of nitrogens with one attached hydrogen (secondary N) is 1. The summed E-state index contributed by atoms with van der Waals surface area (Å²) in [6.07, 6.45) is 0.375. The Kier molecular flexibility index (Phi) is 7.62. The van der Waals surface area contributed by atoms with Crippen molar-refractivity contribution in [2.75, 3.05) is 45.7 Å². The number of ether oxygens (including phenoxy) is 2. The van der Waals surface area contributed by atoms with Gasteiger partial charge in [-0.1, -0.05) is 0 Å². The molecule has 1 amide bonds. The molecule has 0 aromatic carbocycles. The molecule has 21 heavy (non-hydrogen) atoms. The summed E-state index contributed by atoms with van der Waals surface area (Å²) in [6.45, 7) is 2.20. The van der Waals surface area contributed by atoms with Crippen LogP contribution in [0.3, 0.4) is 0 Å².